The fourth-order valence-electron chi connectivity index (χ4n) is 5.97. The summed E-state index contributed by atoms with van der Waals surface area (Å²) < 4.78 is 50.1. The number of ether oxygens (including phenoxy) is 3. The van der Waals surface area contributed by atoms with Crippen molar-refractivity contribution in [2.45, 2.75) is 135 Å². The molecular weight excluding hydrogens is 621 g/mol. The summed E-state index contributed by atoms with van der Waals surface area (Å²) in [5.74, 6) is 0. The minimum Gasteiger partial charge on any atom is -0.374 e. The molecule has 3 rings (SSSR count). The first-order valence-corrected chi connectivity index (χ1v) is 20.1. The van der Waals surface area contributed by atoms with Gasteiger partial charge in [0.25, 0.3) is 10.1 Å². The van der Waals surface area contributed by atoms with Crippen LogP contribution in [0.2, 0.25) is 0 Å². The molecule has 0 N–H and O–H groups in total. The van der Waals surface area contributed by atoms with Gasteiger partial charge in [-0.15, -0.1) is 0 Å². The van der Waals surface area contributed by atoms with E-state index in [1.54, 1.807) is 0 Å². The topological polar surface area (TPSA) is 71.1 Å². The molecule has 0 saturated heterocycles. The van der Waals surface area contributed by atoms with E-state index in [4.69, 9.17) is 18.4 Å². The molecule has 0 fully saturated rings. The Kier molecular flexibility index (Phi) is 20.4. The Bertz CT molecular complexity index is 1290. The van der Waals surface area contributed by atoms with Gasteiger partial charge in [0.15, 0.2) is 0 Å². The first-order chi connectivity index (χ1) is 23.4. The molecule has 0 aliphatic carbocycles. The van der Waals surface area contributed by atoms with E-state index in [1.165, 1.54) is 70.6 Å². The molecule has 0 aromatic heterocycles. The molecule has 3 aromatic rings. The van der Waals surface area contributed by atoms with E-state index in [0.717, 1.165) is 42.2 Å². The van der Waals surface area contributed by atoms with Crippen LogP contribution in [0, 0.1) is 0 Å². The molecule has 0 radical (unpaired) electrons. The third-order valence-corrected chi connectivity index (χ3v) is 9.21. The first kappa shape index (κ1) is 39.9. The van der Waals surface area contributed by atoms with Crippen LogP contribution < -0.4 is 0 Å². The molecule has 7 heteroatoms. The molecule has 0 unspecified atom stereocenters. The Balaban J connectivity index is 1.65. The van der Waals surface area contributed by atoms with E-state index < -0.39 is 28.4 Å². The maximum atomic E-state index is 12.6. The van der Waals surface area contributed by atoms with Crippen LogP contribution in [0.3, 0.4) is 0 Å². The monoisotopic (exact) mass is 680 g/mol. The van der Waals surface area contributed by atoms with Crippen LogP contribution in [-0.4, -0.2) is 39.6 Å². The quantitative estimate of drug-likeness (QED) is 0.0562. The van der Waals surface area contributed by atoms with Gasteiger partial charge in [-0.2, -0.15) is 8.42 Å². The number of rotatable bonds is 28. The molecular formula is C41H60O6S. The number of unbranched alkanes of at least 4 members (excludes halogenated alkanes) is 12. The van der Waals surface area contributed by atoms with Gasteiger partial charge in [-0.05, 0) is 23.1 Å². The highest BCUT2D eigenvalue weighted by Crippen LogP contribution is 2.24. The highest BCUT2D eigenvalue weighted by molar-refractivity contribution is 7.86. The Morgan fingerprint density at radius 2 is 0.938 bits per heavy atom. The van der Waals surface area contributed by atoms with Crippen molar-refractivity contribution in [1.82, 2.24) is 0 Å². The van der Waals surface area contributed by atoms with Crippen molar-refractivity contribution in [3.05, 3.63) is 108 Å². The van der Waals surface area contributed by atoms with Gasteiger partial charge in [0.05, 0.1) is 38.8 Å². The number of hydrogen-bond donors (Lipinski definition) is 0. The van der Waals surface area contributed by atoms with Crippen LogP contribution in [0.1, 0.15) is 114 Å². The van der Waals surface area contributed by atoms with E-state index >= 15 is 0 Å². The summed E-state index contributed by atoms with van der Waals surface area (Å²) in [5, 5.41) is 0. The third kappa shape index (κ3) is 18.3. The predicted octanol–water partition coefficient (Wildman–Crippen LogP) is 10.2. The van der Waals surface area contributed by atoms with Crippen LogP contribution in [0.15, 0.2) is 91.0 Å². The average molecular weight is 681 g/mol. The summed E-state index contributed by atoms with van der Waals surface area (Å²) in [4.78, 5) is 0. The molecule has 0 saturated carbocycles. The standard InChI is InChI=1S/C41H60O6S/c1-3-4-5-6-7-8-9-10-11-12-13-14-24-31-39(45-33-37-27-20-16-21-28-37)41(46-34-38-29-22-17-23-30-38)40(47-48(2,42)43)35-44-32-36-25-18-15-19-26-36/h15-23,25-30,39-41H,3-14,24,31-35H2,1-2H3/t39-,40-,41-/m1/s1. The highest BCUT2D eigenvalue weighted by Gasteiger charge is 2.35. The summed E-state index contributed by atoms with van der Waals surface area (Å²) in [7, 11) is -3.81. The smallest absolute Gasteiger partial charge is 0.264 e. The maximum Gasteiger partial charge on any atom is 0.264 e. The summed E-state index contributed by atoms with van der Waals surface area (Å²) in [6, 6.07) is 29.8. The molecule has 48 heavy (non-hydrogen) atoms. The van der Waals surface area contributed by atoms with Crippen molar-refractivity contribution in [2.75, 3.05) is 12.9 Å². The van der Waals surface area contributed by atoms with Gasteiger partial charge in [-0.25, -0.2) is 0 Å². The second kappa shape index (κ2) is 24.6. The molecule has 0 amide bonds. The Morgan fingerprint density at radius 1 is 0.521 bits per heavy atom. The molecule has 0 aliphatic rings. The van der Waals surface area contributed by atoms with E-state index in [0.29, 0.717) is 19.8 Å². The lowest BCUT2D eigenvalue weighted by molar-refractivity contribution is -0.141. The van der Waals surface area contributed by atoms with Crippen molar-refractivity contribution in [1.29, 1.82) is 0 Å². The van der Waals surface area contributed by atoms with Crippen LogP contribution in [0.25, 0.3) is 0 Å². The number of hydrogen-bond acceptors (Lipinski definition) is 6. The van der Waals surface area contributed by atoms with Crippen LogP contribution in [0.4, 0.5) is 0 Å². The van der Waals surface area contributed by atoms with Crippen LogP contribution >= 0.6 is 0 Å². The summed E-state index contributed by atoms with van der Waals surface area (Å²) >= 11 is 0. The minimum absolute atomic E-state index is 0.0468. The lowest BCUT2D eigenvalue weighted by Gasteiger charge is -2.33. The van der Waals surface area contributed by atoms with Gasteiger partial charge in [-0.3, -0.25) is 4.18 Å². The Labute approximate surface area is 291 Å². The van der Waals surface area contributed by atoms with Gasteiger partial charge >= 0.3 is 0 Å². The van der Waals surface area contributed by atoms with E-state index in [1.807, 2.05) is 91.0 Å². The molecule has 0 bridgehead atoms. The SMILES string of the molecule is CCCCCCCCCCCCCCC[C@@H](OCc1ccccc1)[C@@H](OCc1ccccc1)[C@@H](COCc1ccccc1)OS(C)(=O)=O. The van der Waals surface area contributed by atoms with Gasteiger partial charge in [0, 0.05) is 0 Å². The number of benzene rings is 3. The normalized spacial score (nSPS) is 13.7. The molecule has 6 nitrogen and oxygen atoms in total. The van der Waals surface area contributed by atoms with Crippen LogP contribution in [0.5, 0.6) is 0 Å². The van der Waals surface area contributed by atoms with Gasteiger partial charge in [-0.1, -0.05) is 181 Å². The second-order valence-corrected chi connectivity index (χ2v) is 14.6. The fraction of sp³-hybridized carbons (Fsp3) is 0.561. The molecule has 0 aliphatic heterocycles. The minimum atomic E-state index is -3.81. The van der Waals surface area contributed by atoms with Crippen molar-refractivity contribution in [3.8, 4) is 0 Å². The maximum absolute atomic E-state index is 12.6. The van der Waals surface area contributed by atoms with Gasteiger partial charge in [0.1, 0.15) is 12.2 Å². The molecule has 0 spiro atoms. The lowest BCUT2D eigenvalue weighted by Crippen LogP contribution is -2.46. The largest absolute Gasteiger partial charge is 0.374 e. The molecule has 3 aromatic carbocycles. The van der Waals surface area contributed by atoms with E-state index in [2.05, 4.69) is 6.92 Å². The van der Waals surface area contributed by atoms with Gasteiger partial charge < -0.3 is 14.2 Å². The average Bonchev–Trinajstić information content (AvgIpc) is 3.09. The second-order valence-electron chi connectivity index (χ2n) is 13.0. The Hall–Kier alpha value is -2.55. The fourth-order valence-corrected chi connectivity index (χ4v) is 6.59. The Morgan fingerprint density at radius 3 is 1.40 bits per heavy atom. The van der Waals surface area contributed by atoms with E-state index in [9.17, 15) is 8.42 Å². The molecule has 266 valence electrons. The van der Waals surface area contributed by atoms with Crippen molar-refractivity contribution < 1.29 is 26.8 Å². The van der Waals surface area contributed by atoms with Gasteiger partial charge in [0.2, 0.25) is 0 Å². The third-order valence-electron chi connectivity index (χ3n) is 8.61. The predicted molar refractivity (Wildman–Crippen MR) is 196 cm³/mol. The lowest BCUT2D eigenvalue weighted by atomic mass is 9.99. The zero-order valence-electron chi connectivity index (χ0n) is 29.5. The highest BCUT2D eigenvalue weighted by atomic mass is 32.2. The van der Waals surface area contributed by atoms with Crippen molar-refractivity contribution >= 4 is 10.1 Å². The summed E-state index contributed by atoms with van der Waals surface area (Å²) in [6.07, 6.45) is 16.5. The van der Waals surface area contributed by atoms with Crippen molar-refractivity contribution in [2.24, 2.45) is 0 Å². The van der Waals surface area contributed by atoms with Crippen molar-refractivity contribution in [3.63, 3.8) is 0 Å². The van der Waals surface area contributed by atoms with E-state index in [-0.39, 0.29) is 6.61 Å². The van der Waals surface area contributed by atoms with Crippen LogP contribution in [-0.2, 0) is 48.3 Å². The molecule has 3 atom stereocenters. The first-order valence-electron chi connectivity index (χ1n) is 18.3. The summed E-state index contributed by atoms with van der Waals surface area (Å²) in [5.41, 5.74) is 3.05. The summed E-state index contributed by atoms with van der Waals surface area (Å²) in [6.45, 7) is 3.35. The zero-order valence-corrected chi connectivity index (χ0v) is 30.3. The molecule has 0 heterocycles. The zero-order chi connectivity index (χ0) is 34.1.